The molecule has 1 saturated carbocycles. The van der Waals surface area contributed by atoms with Crippen LogP contribution in [-0.2, 0) is 27.2 Å². The van der Waals surface area contributed by atoms with Gasteiger partial charge in [0.1, 0.15) is 18.7 Å². The topological polar surface area (TPSA) is 137 Å². The van der Waals surface area contributed by atoms with Crippen LogP contribution in [0.25, 0.3) is 0 Å². The van der Waals surface area contributed by atoms with E-state index in [1.54, 1.807) is 0 Å². The molecule has 1 heterocycles. The Labute approximate surface area is 230 Å². The number of nitrogens with one attached hydrogen (secondary N) is 3. The quantitative estimate of drug-likeness (QED) is 0.379. The van der Waals surface area contributed by atoms with Crippen LogP contribution in [0.4, 0.5) is 9.59 Å². The van der Waals surface area contributed by atoms with E-state index in [2.05, 4.69) is 16.0 Å². The van der Waals surface area contributed by atoms with Crippen LogP contribution in [0, 0.1) is 29.1 Å². The smallest absolute Gasteiger partial charge is 0.407 e. The number of benzene rings is 1. The van der Waals surface area contributed by atoms with Gasteiger partial charge in [0, 0.05) is 18.5 Å². The normalized spacial score (nSPS) is 24.5. The van der Waals surface area contributed by atoms with E-state index in [9.17, 15) is 24.3 Å². The Morgan fingerprint density at radius 1 is 1.03 bits per heavy atom. The van der Waals surface area contributed by atoms with Crippen LogP contribution >= 0.6 is 0 Å². The third kappa shape index (κ3) is 5.99. The van der Waals surface area contributed by atoms with Gasteiger partial charge >= 0.3 is 18.1 Å². The number of carbonyl (C=O) groups excluding carboxylic acids is 3. The minimum absolute atomic E-state index is 0.0250. The monoisotopic (exact) mass is 542 g/mol. The van der Waals surface area contributed by atoms with Crippen LogP contribution < -0.4 is 16.0 Å². The minimum atomic E-state index is -1.00. The maximum atomic E-state index is 14.0. The molecule has 0 spiro atoms. The molecule has 4 rings (SSSR count). The van der Waals surface area contributed by atoms with Gasteiger partial charge in [0.05, 0.1) is 6.04 Å². The molecule has 0 bridgehead atoms. The molecule has 39 heavy (non-hydrogen) atoms. The van der Waals surface area contributed by atoms with Crippen LogP contribution in [0.3, 0.4) is 0 Å². The molecule has 0 unspecified atom stereocenters. The van der Waals surface area contributed by atoms with E-state index in [0.29, 0.717) is 19.4 Å². The number of likely N-dealkylation sites (tertiary alicyclic amines) is 1. The van der Waals surface area contributed by atoms with Crippen LogP contribution in [-0.4, -0.2) is 71.3 Å². The fourth-order valence-electron chi connectivity index (χ4n) is 6.38. The van der Waals surface area contributed by atoms with E-state index >= 15 is 0 Å². The van der Waals surface area contributed by atoms with Crippen molar-refractivity contribution in [3.8, 4) is 0 Å². The number of ether oxygens (including phenoxy) is 1. The van der Waals surface area contributed by atoms with Crippen molar-refractivity contribution >= 4 is 24.0 Å². The predicted molar refractivity (Wildman–Crippen MR) is 145 cm³/mol. The van der Waals surface area contributed by atoms with Crippen molar-refractivity contribution < 1.29 is 29.0 Å². The van der Waals surface area contributed by atoms with Gasteiger partial charge < -0.3 is 30.7 Å². The number of carboxylic acid groups (broad SMARTS) is 1. The summed E-state index contributed by atoms with van der Waals surface area (Å²) in [5, 5.41) is 18.4. The second kappa shape index (κ2) is 11.1. The lowest BCUT2D eigenvalue weighted by Gasteiger charge is -2.34. The SMILES string of the molecule is CC(C)NC(=O)OC[C@@H](NC(=O)N[C@H](C(=O)N1C[C@H]2[C@@H]([C@H]1C(=O)O)C2(C)C)C1Cc2ccccc2C1)C(C)C. The zero-order chi connectivity index (χ0) is 28.6. The Bertz CT molecular complexity index is 1090. The van der Waals surface area contributed by atoms with Gasteiger partial charge in [0.2, 0.25) is 5.91 Å². The summed E-state index contributed by atoms with van der Waals surface area (Å²) in [7, 11) is 0. The highest BCUT2D eigenvalue weighted by Gasteiger charge is 2.70. The molecule has 3 aliphatic rings. The van der Waals surface area contributed by atoms with Gasteiger partial charge in [-0.05, 0) is 61.0 Å². The van der Waals surface area contributed by atoms with Crippen molar-refractivity contribution in [2.45, 2.75) is 78.6 Å². The number of hydrogen-bond donors (Lipinski definition) is 4. The van der Waals surface area contributed by atoms with E-state index in [-0.39, 0.29) is 47.6 Å². The number of hydrogen-bond acceptors (Lipinski definition) is 5. The van der Waals surface area contributed by atoms with E-state index in [0.717, 1.165) is 11.1 Å². The standard InChI is InChI=1S/C29H42N4O6/c1-15(2)21(14-39-28(38)30-16(3)4)31-27(37)32-23(19-11-17-9-7-8-10-18(17)12-19)25(34)33-13-20-22(29(20,5)6)24(33)26(35)36/h7-10,15-16,19-24H,11-14H2,1-6H3,(H,30,38)(H,35,36)(H2,31,32,37)/t20-,21+,22-,23-,24-/m0/s1. The molecule has 1 aromatic rings. The van der Waals surface area contributed by atoms with Gasteiger partial charge in [0.25, 0.3) is 0 Å². The van der Waals surface area contributed by atoms with Gasteiger partial charge in [-0.1, -0.05) is 52.0 Å². The van der Waals surface area contributed by atoms with E-state index in [1.807, 2.05) is 65.8 Å². The molecule has 1 aromatic carbocycles. The number of urea groups is 1. The molecule has 214 valence electrons. The highest BCUT2D eigenvalue weighted by Crippen LogP contribution is 2.65. The van der Waals surface area contributed by atoms with Gasteiger partial charge in [-0.15, -0.1) is 0 Å². The van der Waals surface area contributed by atoms with E-state index in [4.69, 9.17) is 4.74 Å². The molecule has 5 atom stereocenters. The first kappa shape index (κ1) is 28.7. The largest absolute Gasteiger partial charge is 0.480 e. The lowest BCUT2D eigenvalue weighted by molar-refractivity contribution is -0.151. The maximum absolute atomic E-state index is 14.0. The molecule has 0 aromatic heterocycles. The zero-order valence-electron chi connectivity index (χ0n) is 23.7. The highest BCUT2D eigenvalue weighted by atomic mass is 16.5. The molecular weight excluding hydrogens is 500 g/mol. The number of amides is 4. The molecule has 1 aliphatic heterocycles. The summed E-state index contributed by atoms with van der Waals surface area (Å²) in [6.45, 7) is 11.9. The molecule has 2 aliphatic carbocycles. The van der Waals surface area contributed by atoms with Crippen LogP contribution in [0.5, 0.6) is 0 Å². The fourth-order valence-corrected chi connectivity index (χ4v) is 6.38. The average Bonchev–Trinajstić information content (AvgIpc) is 3.22. The number of carboxylic acids is 1. The van der Waals surface area contributed by atoms with Gasteiger partial charge in [-0.3, -0.25) is 4.79 Å². The molecule has 4 amide bonds. The lowest BCUT2D eigenvalue weighted by atomic mass is 9.93. The summed E-state index contributed by atoms with van der Waals surface area (Å²) in [4.78, 5) is 52.9. The van der Waals surface area contributed by atoms with Crippen molar-refractivity contribution in [3.63, 3.8) is 0 Å². The second-order valence-corrected chi connectivity index (χ2v) is 12.5. The molecule has 0 radical (unpaired) electrons. The minimum Gasteiger partial charge on any atom is -0.480 e. The number of carbonyl (C=O) groups is 4. The summed E-state index contributed by atoms with van der Waals surface area (Å²) in [5.41, 5.74) is 2.15. The van der Waals surface area contributed by atoms with Gasteiger partial charge in [0.15, 0.2) is 0 Å². The zero-order valence-corrected chi connectivity index (χ0v) is 23.7. The first-order valence-corrected chi connectivity index (χ1v) is 13.9. The third-order valence-corrected chi connectivity index (χ3v) is 8.77. The molecule has 10 nitrogen and oxygen atoms in total. The maximum Gasteiger partial charge on any atom is 0.407 e. The molecule has 2 fully saturated rings. The Kier molecular flexibility index (Phi) is 8.14. The first-order valence-electron chi connectivity index (χ1n) is 13.9. The Balaban J connectivity index is 1.49. The average molecular weight is 543 g/mol. The summed E-state index contributed by atoms with van der Waals surface area (Å²) < 4.78 is 5.30. The lowest BCUT2D eigenvalue weighted by Crippen LogP contribution is -2.59. The number of nitrogens with zero attached hydrogens (tertiary/aromatic N) is 1. The van der Waals surface area contributed by atoms with Crippen molar-refractivity contribution in [3.05, 3.63) is 35.4 Å². The summed E-state index contributed by atoms with van der Waals surface area (Å²) in [6, 6.07) is 5.07. The number of rotatable bonds is 9. The van der Waals surface area contributed by atoms with Crippen molar-refractivity contribution in [1.82, 2.24) is 20.9 Å². The fraction of sp³-hybridized carbons (Fsp3) is 0.655. The Hall–Kier alpha value is -3.30. The Morgan fingerprint density at radius 3 is 2.18 bits per heavy atom. The summed E-state index contributed by atoms with van der Waals surface area (Å²) in [5.74, 6) is -1.56. The van der Waals surface area contributed by atoms with E-state index < -0.39 is 36.2 Å². The number of piperidine rings is 1. The molecular formula is C29H42N4O6. The van der Waals surface area contributed by atoms with Crippen molar-refractivity contribution in [2.24, 2.45) is 29.1 Å². The second-order valence-electron chi connectivity index (χ2n) is 12.5. The van der Waals surface area contributed by atoms with Gasteiger partial charge in [-0.25, -0.2) is 14.4 Å². The van der Waals surface area contributed by atoms with Gasteiger partial charge in [-0.2, -0.15) is 0 Å². The molecule has 1 saturated heterocycles. The van der Waals surface area contributed by atoms with Crippen LogP contribution in [0.15, 0.2) is 24.3 Å². The third-order valence-electron chi connectivity index (χ3n) is 8.77. The van der Waals surface area contributed by atoms with Crippen LogP contribution in [0.2, 0.25) is 0 Å². The van der Waals surface area contributed by atoms with Crippen molar-refractivity contribution in [1.29, 1.82) is 0 Å². The number of aliphatic carboxylic acids is 1. The first-order chi connectivity index (χ1) is 18.3. The number of fused-ring (bicyclic) bond motifs is 2. The Morgan fingerprint density at radius 2 is 1.64 bits per heavy atom. The summed E-state index contributed by atoms with van der Waals surface area (Å²) in [6.07, 6.45) is 0.663. The molecule has 4 N–H and O–H groups in total. The number of alkyl carbamates (subject to hydrolysis) is 1. The van der Waals surface area contributed by atoms with Crippen LogP contribution in [0.1, 0.15) is 52.7 Å². The predicted octanol–water partition coefficient (Wildman–Crippen LogP) is 2.80. The molecule has 10 heteroatoms. The summed E-state index contributed by atoms with van der Waals surface area (Å²) >= 11 is 0. The highest BCUT2D eigenvalue weighted by molar-refractivity contribution is 5.91. The van der Waals surface area contributed by atoms with E-state index in [1.165, 1.54) is 4.90 Å². The van der Waals surface area contributed by atoms with Crippen molar-refractivity contribution in [2.75, 3.05) is 13.2 Å².